The van der Waals surface area contributed by atoms with E-state index in [1.54, 1.807) is 23.5 Å². The zero-order valence-corrected chi connectivity index (χ0v) is 16.6. The fourth-order valence-electron chi connectivity index (χ4n) is 3.68. The lowest BCUT2D eigenvalue weighted by Crippen LogP contribution is -2.43. The van der Waals surface area contributed by atoms with Gasteiger partial charge in [-0.15, -0.1) is 11.3 Å². The van der Waals surface area contributed by atoms with Crippen LogP contribution in [0, 0.1) is 20.8 Å². The summed E-state index contributed by atoms with van der Waals surface area (Å²) in [5, 5.41) is 15.0. The molecule has 6 nitrogen and oxygen atoms in total. The number of nitrogens with zero attached hydrogens (tertiary/aromatic N) is 1. The van der Waals surface area contributed by atoms with Crippen molar-refractivity contribution in [2.75, 3.05) is 6.61 Å². The molecule has 1 saturated carbocycles. The van der Waals surface area contributed by atoms with Crippen LogP contribution in [0.5, 0.6) is 5.75 Å². The number of amides is 1. The molecule has 1 fully saturated rings. The summed E-state index contributed by atoms with van der Waals surface area (Å²) in [6.45, 7) is 5.19. The van der Waals surface area contributed by atoms with Crippen molar-refractivity contribution in [3.05, 3.63) is 44.9 Å². The lowest BCUT2D eigenvalue weighted by atomic mass is 9.97. The summed E-state index contributed by atoms with van der Waals surface area (Å²) in [6.07, 6.45) is 3.92. The number of benzene rings is 1. The first-order chi connectivity index (χ1) is 12.8. The van der Waals surface area contributed by atoms with Gasteiger partial charge in [-0.2, -0.15) is 0 Å². The lowest BCUT2D eigenvalue weighted by molar-refractivity contribution is -0.139. The number of carboxylic acids is 1. The second kappa shape index (κ2) is 7.68. The van der Waals surface area contributed by atoms with Crippen molar-refractivity contribution in [2.24, 2.45) is 0 Å². The van der Waals surface area contributed by atoms with Crippen LogP contribution in [-0.2, 0) is 10.3 Å². The third-order valence-electron chi connectivity index (χ3n) is 4.90. The highest BCUT2D eigenvalue weighted by molar-refractivity contribution is 7.09. The number of carboxylic acid groups (broad SMARTS) is 1. The maximum atomic E-state index is 13.0. The first-order valence-electron chi connectivity index (χ1n) is 9.02. The molecule has 2 aromatic rings. The minimum Gasteiger partial charge on any atom is -0.481 e. The Kier molecular flexibility index (Phi) is 5.51. The maximum Gasteiger partial charge on any atom is 0.341 e. The monoisotopic (exact) mass is 388 g/mol. The number of aliphatic carboxylic acids is 1. The summed E-state index contributed by atoms with van der Waals surface area (Å²) in [5.74, 6) is -0.654. The molecule has 0 bridgehead atoms. The van der Waals surface area contributed by atoms with Crippen molar-refractivity contribution in [1.29, 1.82) is 0 Å². The van der Waals surface area contributed by atoms with Gasteiger partial charge in [0.05, 0.1) is 5.54 Å². The van der Waals surface area contributed by atoms with E-state index in [0.29, 0.717) is 11.3 Å². The van der Waals surface area contributed by atoms with Gasteiger partial charge in [-0.25, -0.2) is 9.78 Å². The van der Waals surface area contributed by atoms with Crippen LogP contribution >= 0.6 is 11.3 Å². The van der Waals surface area contributed by atoms with Crippen LogP contribution in [-0.4, -0.2) is 28.6 Å². The van der Waals surface area contributed by atoms with Crippen LogP contribution in [0.1, 0.15) is 57.9 Å². The number of aryl methyl sites for hydroxylation is 3. The molecule has 1 aliphatic rings. The Hall–Kier alpha value is -2.41. The molecule has 7 heteroatoms. The maximum absolute atomic E-state index is 13.0. The Morgan fingerprint density at radius 2 is 1.85 bits per heavy atom. The predicted molar refractivity (Wildman–Crippen MR) is 104 cm³/mol. The number of rotatable bonds is 6. The van der Waals surface area contributed by atoms with Crippen LogP contribution in [0.3, 0.4) is 0 Å². The number of ether oxygens (including phenoxy) is 1. The van der Waals surface area contributed by atoms with E-state index < -0.39 is 18.1 Å². The molecule has 0 unspecified atom stereocenters. The van der Waals surface area contributed by atoms with Gasteiger partial charge < -0.3 is 15.2 Å². The van der Waals surface area contributed by atoms with Gasteiger partial charge in [-0.3, -0.25) is 4.79 Å². The van der Waals surface area contributed by atoms with Crippen LogP contribution in [0.2, 0.25) is 0 Å². The summed E-state index contributed by atoms with van der Waals surface area (Å²) >= 11 is 1.60. The van der Waals surface area contributed by atoms with Gasteiger partial charge in [-0.05, 0) is 56.9 Å². The molecule has 1 heterocycles. The van der Waals surface area contributed by atoms with Gasteiger partial charge in [0, 0.05) is 16.6 Å². The molecule has 27 heavy (non-hydrogen) atoms. The van der Waals surface area contributed by atoms with E-state index in [1.807, 2.05) is 26.2 Å². The van der Waals surface area contributed by atoms with Crippen molar-refractivity contribution in [2.45, 2.75) is 52.0 Å². The van der Waals surface area contributed by atoms with Crippen LogP contribution in [0.4, 0.5) is 0 Å². The minimum absolute atomic E-state index is 0.138. The van der Waals surface area contributed by atoms with Gasteiger partial charge in [0.25, 0.3) is 5.91 Å². The van der Waals surface area contributed by atoms with E-state index in [-0.39, 0.29) is 5.91 Å². The molecule has 0 saturated heterocycles. The van der Waals surface area contributed by atoms with Gasteiger partial charge in [0.1, 0.15) is 10.8 Å². The normalized spacial score (nSPS) is 15.5. The number of nitrogens with one attached hydrogen (secondary N) is 1. The van der Waals surface area contributed by atoms with E-state index >= 15 is 0 Å². The number of carbonyl (C=O) groups excluding carboxylic acids is 1. The van der Waals surface area contributed by atoms with Gasteiger partial charge in [-0.1, -0.05) is 12.8 Å². The largest absolute Gasteiger partial charge is 0.481 e. The summed E-state index contributed by atoms with van der Waals surface area (Å²) in [5.41, 5.74) is 2.62. The van der Waals surface area contributed by atoms with Gasteiger partial charge in [0.2, 0.25) is 0 Å². The summed E-state index contributed by atoms with van der Waals surface area (Å²) in [7, 11) is 0. The van der Waals surface area contributed by atoms with E-state index in [0.717, 1.165) is 47.5 Å². The number of hydrogen-bond acceptors (Lipinski definition) is 5. The van der Waals surface area contributed by atoms with Crippen molar-refractivity contribution < 1.29 is 19.4 Å². The Labute approximate surface area is 162 Å². The summed E-state index contributed by atoms with van der Waals surface area (Å²) < 4.78 is 5.35. The topological polar surface area (TPSA) is 88.5 Å². The molecule has 2 N–H and O–H groups in total. The fourth-order valence-corrected chi connectivity index (χ4v) is 4.69. The second-order valence-corrected chi connectivity index (χ2v) is 8.02. The Bertz CT molecular complexity index is 846. The van der Waals surface area contributed by atoms with Crippen molar-refractivity contribution >= 4 is 23.2 Å². The molecule has 1 aromatic carbocycles. The first-order valence-corrected chi connectivity index (χ1v) is 9.90. The zero-order chi connectivity index (χ0) is 19.6. The molecule has 0 aliphatic heterocycles. The number of hydrogen-bond donors (Lipinski definition) is 2. The number of thiazole rings is 1. The minimum atomic E-state index is -1.03. The average molecular weight is 388 g/mol. The quantitative estimate of drug-likeness (QED) is 0.787. The molecule has 0 radical (unpaired) electrons. The summed E-state index contributed by atoms with van der Waals surface area (Å²) in [4.78, 5) is 28.4. The molecule has 144 valence electrons. The van der Waals surface area contributed by atoms with Crippen LogP contribution < -0.4 is 10.1 Å². The first kappa shape index (κ1) is 19.4. The molecule has 1 amide bonds. The van der Waals surface area contributed by atoms with Crippen molar-refractivity contribution in [3.8, 4) is 5.75 Å². The third kappa shape index (κ3) is 4.13. The standard InChI is InChI=1S/C20H24N2O4S/c1-12-8-15(9-13(2)17(12)26-10-16(23)24)18(25)22-20(6-4-5-7-20)19-21-14(3)11-27-19/h8-9,11H,4-7,10H2,1-3H3,(H,22,25)(H,23,24). The number of carbonyl (C=O) groups is 2. The molecular formula is C20H24N2O4S. The highest BCUT2D eigenvalue weighted by atomic mass is 32.1. The summed E-state index contributed by atoms with van der Waals surface area (Å²) in [6, 6.07) is 3.49. The smallest absolute Gasteiger partial charge is 0.341 e. The van der Waals surface area contributed by atoms with Crippen LogP contribution in [0.25, 0.3) is 0 Å². The fraction of sp³-hybridized carbons (Fsp3) is 0.450. The Balaban J connectivity index is 1.84. The lowest BCUT2D eigenvalue weighted by Gasteiger charge is -2.28. The SMILES string of the molecule is Cc1csc(C2(NC(=O)c3cc(C)c(OCC(=O)O)c(C)c3)CCCC2)n1. The van der Waals surface area contributed by atoms with Crippen molar-refractivity contribution in [3.63, 3.8) is 0 Å². The molecule has 1 aliphatic carbocycles. The average Bonchev–Trinajstić information content (AvgIpc) is 3.23. The van der Waals surface area contributed by atoms with Gasteiger partial charge in [0.15, 0.2) is 6.61 Å². The van der Waals surface area contributed by atoms with E-state index in [1.165, 1.54) is 0 Å². The van der Waals surface area contributed by atoms with E-state index in [4.69, 9.17) is 9.84 Å². The van der Waals surface area contributed by atoms with E-state index in [9.17, 15) is 9.59 Å². The molecule has 0 spiro atoms. The highest BCUT2D eigenvalue weighted by Crippen LogP contribution is 2.40. The zero-order valence-electron chi connectivity index (χ0n) is 15.8. The predicted octanol–water partition coefficient (Wildman–Crippen LogP) is 3.73. The molecule has 1 aromatic heterocycles. The second-order valence-electron chi connectivity index (χ2n) is 7.16. The highest BCUT2D eigenvalue weighted by Gasteiger charge is 2.39. The van der Waals surface area contributed by atoms with Crippen molar-refractivity contribution in [1.82, 2.24) is 10.3 Å². The molecule has 3 rings (SSSR count). The molecule has 0 atom stereocenters. The third-order valence-corrected chi connectivity index (χ3v) is 6.07. The van der Waals surface area contributed by atoms with Crippen LogP contribution in [0.15, 0.2) is 17.5 Å². The van der Waals surface area contributed by atoms with E-state index in [2.05, 4.69) is 10.3 Å². The Morgan fingerprint density at radius 1 is 1.22 bits per heavy atom. The molecular weight excluding hydrogens is 364 g/mol. The number of aromatic nitrogens is 1. The Morgan fingerprint density at radius 3 is 2.37 bits per heavy atom. The van der Waals surface area contributed by atoms with Gasteiger partial charge >= 0.3 is 5.97 Å².